The van der Waals surface area contributed by atoms with Gasteiger partial charge >= 0.3 is 17.6 Å². The lowest BCUT2D eigenvalue weighted by molar-refractivity contribution is 0.0694. The predicted molar refractivity (Wildman–Crippen MR) is 193 cm³/mol. The number of ether oxygens (including phenoxy) is 2. The van der Waals surface area contributed by atoms with Gasteiger partial charge in [-0.3, -0.25) is 0 Å². The highest BCUT2D eigenvalue weighted by atomic mass is 33.1. The number of hydrogen-bond donors (Lipinski definition) is 0. The van der Waals surface area contributed by atoms with Crippen LogP contribution in [0.2, 0.25) is 12.1 Å². The Balaban J connectivity index is 3.45. The van der Waals surface area contributed by atoms with E-state index in [9.17, 15) is 0 Å². The maximum atomic E-state index is 5.93. The maximum absolute atomic E-state index is 5.93. The molecule has 0 amide bonds. The van der Waals surface area contributed by atoms with E-state index in [1.54, 1.807) is 0 Å². The second kappa shape index (κ2) is 33.7. The fourth-order valence-corrected chi connectivity index (χ4v) is 12.5. The predicted octanol–water partition coefficient (Wildman–Crippen LogP) is 9.18. The first-order chi connectivity index (χ1) is 21.6. The Morgan fingerprint density at radius 1 is 0.341 bits per heavy atom. The van der Waals surface area contributed by atoms with Crippen molar-refractivity contribution in [3.8, 4) is 0 Å². The van der Waals surface area contributed by atoms with Crippen molar-refractivity contribution in [1.29, 1.82) is 0 Å². The van der Waals surface area contributed by atoms with Gasteiger partial charge in [-0.05, 0) is 92.9 Å². The second-order valence-corrected chi connectivity index (χ2v) is 18.7. The van der Waals surface area contributed by atoms with E-state index >= 15 is 0 Å². The molecule has 266 valence electrons. The normalized spacial score (nSPS) is 12.4. The largest absolute Gasteiger partial charge is 0.500 e. The third kappa shape index (κ3) is 25.8. The molecule has 0 heterocycles. The summed E-state index contributed by atoms with van der Waals surface area (Å²) in [5.74, 6) is 2.48. The van der Waals surface area contributed by atoms with Gasteiger partial charge in [0.1, 0.15) is 0 Å². The van der Waals surface area contributed by atoms with Crippen LogP contribution < -0.4 is 0 Å². The van der Waals surface area contributed by atoms with Crippen LogP contribution in [-0.4, -0.2) is 95.2 Å². The van der Waals surface area contributed by atoms with Gasteiger partial charge in [0, 0.05) is 89.7 Å². The molecule has 8 nitrogen and oxygen atoms in total. The zero-order valence-corrected chi connectivity index (χ0v) is 33.1. The van der Waals surface area contributed by atoms with E-state index in [2.05, 4.69) is 0 Å². The van der Waals surface area contributed by atoms with E-state index in [1.165, 1.54) is 37.2 Å². The summed E-state index contributed by atoms with van der Waals surface area (Å²) in [6.07, 6.45) is 14.0. The first-order valence-corrected chi connectivity index (χ1v) is 24.2. The monoisotopic (exact) mass is 702 g/mol. The van der Waals surface area contributed by atoms with Gasteiger partial charge in [-0.1, -0.05) is 47.3 Å². The Labute approximate surface area is 282 Å². The van der Waals surface area contributed by atoms with E-state index in [-0.39, 0.29) is 0 Å². The fraction of sp³-hybridized carbons (Fsp3) is 1.00. The molecule has 0 aromatic carbocycles. The van der Waals surface area contributed by atoms with E-state index in [4.69, 9.17) is 36.0 Å². The summed E-state index contributed by atoms with van der Waals surface area (Å²) in [4.78, 5) is 0. The van der Waals surface area contributed by atoms with E-state index in [0.29, 0.717) is 39.6 Å². The van der Waals surface area contributed by atoms with Crippen LogP contribution in [0.3, 0.4) is 0 Å². The van der Waals surface area contributed by atoms with Gasteiger partial charge in [-0.15, -0.1) is 0 Å². The zero-order valence-electron chi connectivity index (χ0n) is 29.5. The molecular weight excluding hydrogens is 633 g/mol. The molecule has 0 unspecified atom stereocenters. The molecule has 0 atom stereocenters. The van der Waals surface area contributed by atoms with Crippen LogP contribution in [0.25, 0.3) is 0 Å². The van der Waals surface area contributed by atoms with Crippen molar-refractivity contribution in [2.24, 2.45) is 0 Å². The first kappa shape index (κ1) is 44.8. The summed E-state index contributed by atoms with van der Waals surface area (Å²) in [5, 5.41) is 0. The minimum absolute atomic E-state index is 0.647. The fourth-order valence-electron chi connectivity index (χ4n) is 4.85. The van der Waals surface area contributed by atoms with Crippen LogP contribution in [0.15, 0.2) is 0 Å². The highest BCUT2D eigenvalue weighted by molar-refractivity contribution is 8.76. The van der Waals surface area contributed by atoms with Crippen molar-refractivity contribution in [3.63, 3.8) is 0 Å². The van der Waals surface area contributed by atoms with Crippen LogP contribution in [0.1, 0.15) is 119 Å². The van der Waals surface area contributed by atoms with Crippen molar-refractivity contribution >= 4 is 39.2 Å². The Morgan fingerprint density at radius 2 is 0.614 bits per heavy atom. The lowest BCUT2D eigenvalue weighted by Gasteiger charge is -2.28. The number of rotatable bonds is 37. The van der Waals surface area contributed by atoms with Gasteiger partial charge in [0.05, 0.1) is 0 Å². The summed E-state index contributed by atoms with van der Waals surface area (Å²) in [6, 6.07) is 1.80. The quantitative estimate of drug-likeness (QED) is 0.0355. The first-order valence-electron chi connectivity index (χ1n) is 17.8. The van der Waals surface area contributed by atoms with Crippen LogP contribution in [0.4, 0.5) is 0 Å². The molecule has 0 saturated carbocycles. The molecule has 0 aliphatic rings. The minimum atomic E-state index is -2.48. The summed E-state index contributed by atoms with van der Waals surface area (Å²) >= 11 is 0. The van der Waals surface area contributed by atoms with Gasteiger partial charge in [-0.2, -0.15) is 0 Å². The Hall–Kier alpha value is 0.814. The zero-order chi connectivity index (χ0) is 32.5. The molecule has 0 N–H and O–H groups in total. The molecule has 0 saturated heterocycles. The van der Waals surface area contributed by atoms with Crippen LogP contribution in [-0.2, 0) is 36.0 Å². The highest BCUT2D eigenvalue weighted by Gasteiger charge is 2.40. The molecule has 44 heavy (non-hydrogen) atoms. The van der Waals surface area contributed by atoms with Crippen LogP contribution in [0.5, 0.6) is 0 Å². The lowest BCUT2D eigenvalue weighted by Crippen LogP contribution is -2.45. The third-order valence-electron chi connectivity index (χ3n) is 6.84. The van der Waals surface area contributed by atoms with E-state index in [1.807, 2.05) is 63.1 Å². The molecule has 0 aliphatic heterocycles. The average Bonchev–Trinajstić information content (AvgIpc) is 3.00. The average molecular weight is 703 g/mol. The van der Waals surface area contributed by atoms with Gasteiger partial charge in [0.25, 0.3) is 0 Å². The molecule has 0 rings (SSSR count). The molecule has 0 radical (unpaired) electrons. The van der Waals surface area contributed by atoms with Crippen molar-refractivity contribution < 1.29 is 36.0 Å². The minimum Gasteiger partial charge on any atom is -0.381 e. The highest BCUT2D eigenvalue weighted by Crippen LogP contribution is 2.24. The second-order valence-electron chi connectivity index (χ2n) is 10.6. The van der Waals surface area contributed by atoms with Crippen molar-refractivity contribution in [2.75, 3.05) is 77.6 Å². The molecule has 0 bridgehead atoms. The lowest BCUT2D eigenvalue weighted by atomic mass is 10.2. The maximum Gasteiger partial charge on any atom is 0.500 e. The Morgan fingerprint density at radius 3 is 0.886 bits per heavy atom. The molecule has 0 aliphatic carbocycles. The molecular formula is C32H70O8S2Si2. The van der Waals surface area contributed by atoms with Crippen molar-refractivity contribution in [2.45, 2.75) is 131 Å². The smallest absolute Gasteiger partial charge is 0.381 e. The number of hydrogen-bond acceptors (Lipinski definition) is 10. The van der Waals surface area contributed by atoms with Crippen molar-refractivity contribution in [3.05, 3.63) is 0 Å². The summed E-state index contributed by atoms with van der Waals surface area (Å²) in [5.41, 5.74) is 0. The van der Waals surface area contributed by atoms with Gasteiger partial charge in [0.15, 0.2) is 0 Å². The Kier molecular flexibility index (Phi) is 34.3. The van der Waals surface area contributed by atoms with E-state index < -0.39 is 17.6 Å². The standard InChI is InChI=1S/C32H70O8S2Si2/c1-7-35-43(36-8-2,37-9-3)31-23-15-19-27-33-25-17-13-21-29-41-42-30-22-14-18-26-34-28-20-16-24-32-44(38-10-4,39-11-5)40-12-6/h7-32H2,1-6H3. The van der Waals surface area contributed by atoms with Crippen LogP contribution in [0, 0.1) is 0 Å². The van der Waals surface area contributed by atoms with E-state index in [0.717, 1.165) is 89.9 Å². The van der Waals surface area contributed by atoms with Gasteiger partial charge in [0.2, 0.25) is 0 Å². The summed E-state index contributed by atoms with van der Waals surface area (Å²) < 4.78 is 47.3. The van der Waals surface area contributed by atoms with Crippen molar-refractivity contribution in [1.82, 2.24) is 0 Å². The van der Waals surface area contributed by atoms with Gasteiger partial charge < -0.3 is 36.0 Å². The molecule has 0 aromatic rings. The van der Waals surface area contributed by atoms with Crippen LogP contribution >= 0.6 is 21.6 Å². The topological polar surface area (TPSA) is 73.8 Å². The molecule has 12 heteroatoms. The number of unbranched alkanes of at least 4 members (excludes halogenated alkanes) is 8. The summed E-state index contributed by atoms with van der Waals surface area (Å²) in [7, 11) is -0.907. The molecule has 0 aromatic heterocycles. The Bertz CT molecular complexity index is 502. The third-order valence-corrected chi connectivity index (χ3v) is 15.7. The van der Waals surface area contributed by atoms with Gasteiger partial charge in [-0.25, -0.2) is 0 Å². The molecule has 0 fully saturated rings. The molecule has 0 spiro atoms. The SMILES string of the molecule is CCO[Si](CCCCCOCCCCCSSCCCCCOCCCCC[Si](OCC)(OCC)OCC)(OCC)OCC. The summed E-state index contributed by atoms with van der Waals surface area (Å²) in [6.45, 7) is 19.4.